The molecule has 0 radical (unpaired) electrons. The third-order valence-electron chi connectivity index (χ3n) is 3.00. The predicted molar refractivity (Wildman–Crippen MR) is 93.5 cm³/mol. The molecule has 24 heavy (non-hydrogen) atoms. The number of hydrogen-bond donors (Lipinski definition) is 0. The van der Waals surface area contributed by atoms with Gasteiger partial charge in [0.25, 0.3) is 0 Å². The SMILES string of the molecule is C=CC(=O)Oc1ccc(C=Cc2ccc(OC(=O)C=C)cc2)cc1. The zero-order valence-electron chi connectivity index (χ0n) is 13.0. The summed E-state index contributed by atoms with van der Waals surface area (Å²) in [6.45, 7) is 6.69. The molecule has 2 rings (SSSR count). The zero-order chi connectivity index (χ0) is 17.4. The first-order valence-electron chi connectivity index (χ1n) is 7.17. The zero-order valence-corrected chi connectivity index (χ0v) is 13.0. The maximum absolute atomic E-state index is 11.1. The van der Waals surface area contributed by atoms with Crippen molar-refractivity contribution in [2.75, 3.05) is 0 Å². The van der Waals surface area contributed by atoms with E-state index >= 15 is 0 Å². The molecule has 0 N–H and O–H groups in total. The summed E-state index contributed by atoms with van der Waals surface area (Å²) in [5, 5.41) is 0. The minimum atomic E-state index is -0.490. The van der Waals surface area contributed by atoms with Gasteiger partial charge in [-0.05, 0) is 35.4 Å². The quantitative estimate of drug-likeness (QED) is 0.349. The average molecular weight is 320 g/mol. The molecule has 0 saturated carbocycles. The molecule has 0 aliphatic rings. The molecule has 0 bridgehead atoms. The fraction of sp³-hybridized carbons (Fsp3) is 0. The van der Waals surface area contributed by atoms with Crippen LogP contribution in [-0.2, 0) is 9.59 Å². The summed E-state index contributed by atoms with van der Waals surface area (Å²) in [5.74, 6) is -0.0538. The Bertz CT molecular complexity index is 701. The van der Waals surface area contributed by atoms with Crippen LogP contribution in [0, 0.1) is 0 Å². The molecule has 0 aromatic heterocycles. The Labute approximate surface area is 140 Å². The Morgan fingerprint density at radius 3 is 1.29 bits per heavy atom. The van der Waals surface area contributed by atoms with Gasteiger partial charge in [0, 0.05) is 12.2 Å². The Morgan fingerprint density at radius 1 is 0.667 bits per heavy atom. The van der Waals surface area contributed by atoms with E-state index < -0.39 is 11.9 Å². The summed E-state index contributed by atoms with van der Waals surface area (Å²) in [7, 11) is 0. The molecule has 0 spiro atoms. The summed E-state index contributed by atoms with van der Waals surface area (Å²) in [5.41, 5.74) is 1.91. The number of esters is 2. The first kappa shape index (κ1) is 17.0. The van der Waals surface area contributed by atoms with Gasteiger partial charge >= 0.3 is 11.9 Å². The van der Waals surface area contributed by atoms with Crippen LogP contribution < -0.4 is 9.47 Å². The van der Waals surface area contributed by atoms with Gasteiger partial charge in [-0.3, -0.25) is 0 Å². The highest BCUT2D eigenvalue weighted by Gasteiger charge is 2.00. The molecule has 2 aromatic carbocycles. The lowest BCUT2D eigenvalue weighted by Crippen LogP contribution is -2.02. The fourth-order valence-corrected chi connectivity index (χ4v) is 1.80. The van der Waals surface area contributed by atoms with Gasteiger partial charge in [-0.2, -0.15) is 0 Å². The van der Waals surface area contributed by atoms with E-state index in [0.717, 1.165) is 23.3 Å². The standard InChI is InChI=1S/C20H16O4/c1-3-19(21)23-17-11-7-15(8-12-17)5-6-16-9-13-18(14-10-16)24-20(22)4-2/h3-14H,1-2H2. The lowest BCUT2D eigenvalue weighted by Gasteiger charge is -2.02. The van der Waals surface area contributed by atoms with Crippen molar-refractivity contribution < 1.29 is 19.1 Å². The minimum absolute atomic E-state index is 0.463. The van der Waals surface area contributed by atoms with Gasteiger partial charge in [-0.15, -0.1) is 0 Å². The topological polar surface area (TPSA) is 52.6 Å². The van der Waals surface area contributed by atoms with E-state index in [-0.39, 0.29) is 0 Å². The van der Waals surface area contributed by atoms with Crippen LogP contribution in [0.5, 0.6) is 11.5 Å². The molecule has 0 aliphatic heterocycles. The number of ether oxygens (including phenoxy) is 2. The molecule has 4 nitrogen and oxygen atoms in total. The lowest BCUT2D eigenvalue weighted by molar-refractivity contribution is -0.129. The van der Waals surface area contributed by atoms with Crippen molar-refractivity contribution in [2.45, 2.75) is 0 Å². The van der Waals surface area contributed by atoms with Crippen molar-refractivity contribution in [3.8, 4) is 11.5 Å². The van der Waals surface area contributed by atoms with Crippen molar-refractivity contribution in [1.29, 1.82) is 0 Å². The third kappa shape index (κ3) is 5.10. The highest BCUT2D eigenvalue weighted by molar-refractivity contribution is 5.84. The highest BCUT2D eigenvalue weighted by Crippen LogP contribution is 2.17. The molecular formula is C20H16O4. The molecule has 0 amide bonds. The van der Waals surface area contributed by atoms with Gasteiger partial charge in [0.05, 0.1) is 0 Å². The van der Waals surface area contributed by atoms with Crippen LogP contribution in [0.15, 0.2) is 73.8 Å². The van der Waals surface area contributed by atoms with Gasteiger partial charge in [-0.25, -0.2) is 9.59 Å². The van der Waals surface area contributed by atoms with Crippen molar-refractivity contribution in [1.82, 2.24) is 0 Å². The van der Waals surface area contributed by atoms with Crippen LogP contribution in [0.25, 0.3) is 12.2 Å². The second-order valence-electron chi connectivity index (χ2n) is 4.72. The molecule has 4 heteroatoms. The molecule has 2 aromatic rings. The van der Waals surface area contributed by atoms with E-state index in [1.165, 1.54) is 0 Å². The maximum Gasteiger partial charge on any atom is 0.335 e. The van der Waals surface area contributed by atoms with Crippen molar-refractivity contribution >= 4 is 24.1 Å². The summed E-state index contributed by atoms with van der Waals surface area (Å²) in [6.07, 6.45) is 6.07. The average Bonchev–Trinajstić information content (AvgIpc) is 2.62. The van der Waals surface area contributed by atoms with E-state index in [4.69, 9.17) is 9.47 Å². The molecule has 0 atom stereocenters. The largest absolute Gasteiger partial charge is 0.423 e. The van der Waals surface area contributed by atoms with E-state index in [1.54, 1.807) is 24.3 Å². The van der Waals surface area contributed by atoms with Gasteiger partial charge in [-0.1, -0.05) is 49.6 Å². The van der Waals surface area contributed by atoms with Crippen LogP contribution in [0.4, 0.5) is 0 Å². The van der Waals surface area contributed by atoms with E-state index in [0.29, 0.717) is 11.5 Å². The van der Waals surface area contributed by atoms with Gasteiger partial charge in [0.2, 0.25) is 0 Å². The highest BCUT2D eigenvalue weighted by atomic mass is 16.5. The number of hydrogen-bond acceptors (Lipinski definition) is 4. The van der Waals surface area contributed by atoms with E-state index in [1.807, 2.05) is 36.4 Å². The molecule has 0 heterocycles. The van der Waals surface area contributed by atoms with Crippen molar-refractivity contribution in [2.24, 2.45) is 0 Å². The fourth-order valence-electron chi connectivity index (χ4n) is 1.80. The second kappa shape index (κ2) is 8.29. The van der Waals surface area contributed by atoms with Crippen LogP contribution in [0.1, 0.15) is 11.1 Å². The van der Waals surface area contributed by atoms with Gasteiger partial charge in [0.1, 0.15) is 11.5 Å². The minimum Gasteiger partial charge on any atom is -0.423 e. The van der Waals surface area contributed by atoms with Gasteiger partial charge in [0.15, 0.2) is 0 Å². The van der Waals surface area contributed by atoms with Crippen molar-refractivity contribution in [3.05, 3.63) is 85.0 Å². The maximum atomic E-state index is 11.1. The Hall–Kier alpha value is -3.40. The van der Waals surface area contributed by atoms with E-state index in [9.17, 15) is 9.59 Å². The number of carbonyl (C=O) groups excluding carboxylic acids is 2. The normalized spacial score (nSPS) is 10.2. The van der Waals surface area contributed by atoms with Gasteiger partial charge < -0.3 is 9.47 Å². The van der Waals surface area contributed by atoms with Crippen LogP contribution in [0.3, 0.4) is 0 Å². The molecule has 0 saturated heterocycles. The number of benzene rings is 2. The molecule has 0 aliphatic carbocycles. The molecule has 120 valence electrons. The Balaban J connectivity index is 1.99. The van der Waals surface area contributed by atoms with Crippen LogP contribution in [-0.4, -0.2) is 11.9 Å². The summed E-state index contributed by atoms with van der Waals surface area (Å²) < 4.78 is 10.0. The molecule has 0 unspecified atom stereocenters. The third-order valence-corrected chi connectivity index (χ3v) is 3.00. The second-order valence-corrected chi connectivity index (χ2v) is 4.72. The van der Waals surface area contributed by atoms with E-state index in [2.05, 4.69) is 13.2 Å². The summed E-state index contributed by atoms with van der Waals surface area (Å²) >= 11 is 0. The monoisotopic (exact) mass is 320 g/mol. The van der Waals surface area contributed by atoms with Crippen LogP contribution in [0.2, 0.25) is 0 Å². The Kier molecular flexibility index (Phi) is 5.86. The van der Waals surface area contributed by atoms with Crippen molar-refractivity contribution in [3.63, 3.8) is 0 Å². The Morgan fingerprint density at radius 2 is 1.00 bits per heavy atom. The first-order valence-corrected chi connectivity index (χ1v) is 7.17. The number of carbonyl (C=O) groups is 2. The summed E-state index contributed by atoms with van der Waals surface area (Å²) in [6, 6.07) is 14.2. The molecular weight excluding hydrogens is 304 g/mol. The summed E-state index contributed by atoms with van der Waals surface area (Å²) in [4.78, 5) is 22.2. The lowest BCUT2D eigenvalue weighted by atomic mass is 10.1. The number of rotatable bonds is 6. The van der Waals surface area contributed by atoms with Crippen LogP contribution >= 0.6 is 0 Å². The first-order chi connectivity index (χ1) is 11.6. The smallest absolute Gasteiger partial charge is 0.335 e. The molecule has 0 fully saturated rings. The predicted octanol–water partition coefficient (Wildman–Crippen LogP) is 4.04.